The van der Waals surface area contributed by atoms with Gasteiger partial charge in [0.1, 0.15) is 12.4 Å². The molecule has 130 valence electrons. The number of hydrogen-bond donors (Lipinski definition) is 0. The first kappa shape index (κ1) is 17.3. The maximum Gasteiger partial charge on any atom is 0.310 e. The van der Waals surface area contributed by atoms with Crippen LogP contribution in [0.2, 0.25) is 0 Å². The largest absolute Gasteiger partial charge is 0.469 e. The first-order valence-electron chi connectivity index (χ1n) is 8.58. The lowest BCUT2D eigenvalue weighted by molar-refractivity contribution is -0.147. The minimum Gasteiger partial charge on any atom is -0.469 e. The minimum atomic E-state index is -0.144. The van der Waals surface area contributed by atoms with Gasteiger partial charge in [0.2, 0.25) is 0 Å². The van der Waals surface area contributed by atoms with Crippen LogP contribution in [0, 0.1) is 17.3 Å². The monoisotopic (exact) mass is 336 g/mol. The summed E-state index contributed by atoms with van der Waals surface area (Å²) in [6.45, 7) is 8.10. The van der Waals surface area contributed by atoms with Gasteiger partial charge in [-0.15, -0.1) is 0 Å². The van der Waals surface area contributed by atoms with Crippen LogP contribution in [-0.2, 0) is 22.6 Å². The summed E-state index contributed by atoms with van der Waals surface area (Å²) in [6, 6.07) is 12.1. The summed E-state index contributed by atoms with van der Waals surface area (Å²) in [4.78, 5) is 12.4. The smallest absolute Gasteiger partial charge is 0.310 e. The number of carbonyl (C=O) groups is 1. The molecule has 0 unspecified atom stereocenters. The molecule has 0 spiro atoms. The standard InChI is InChI=1S/C22H24O3/c1-4-5-11-19-20(22(19,2)3)21(23)25-15-17-13-18(24-14-17)12-16-9-7-6-8-10-16/h4-11,13-14,19-20H,1,12,15H2,2-3H3/t19-,20+/m1/s1. The normalized spacial score (nSPS) is 21.2. The highest BCUT2D eigenvalue weighted by atomic mass is 16.5. The predicted octanol–water partition coefficient (Wildman–Crippen LogP) is 4.93. The first-order valence-corrected chi connectivity index (χ1v) is 8.58. The summed E-state index contributed by atoms with van der Waals surface area (Å²) in [5.41, 5.74) is 2.03. The summed E-state index contributed by atoms with van der Waals surface area (Å²) < 4.78 is 11.1. The van der Waals surface area contributed by atoms with Crippen LogP contribution >= 0.6 is 0 Å². The van der Waals surface area contributed by atoms with Crippen molar-refractivity contribution in [1.29, 1.82) is 0 Å². The first-order chi connectivity index (χ1) is 12.0. The number of esters is 1. The van der Waals surface area contributed by atoms with Crippen molar-refractivity contribution in [3.05, 3.63) is 84.4 Å². The summed E-state index contributed by atoms with van der Waals surface area (Å²) >= 11 is 0. The molecule has 0 bridgehead atoms. The molecule has 2 atom stereocenters. The van der Waals surface area contributed by atoms with Crippen molar-refractivity contribution < 1.29 is 13.9 Å². The summed E-state index contributed by atoms with van der Waals surface area (Å²) in [5, 5.41) is 0. The lowest BCUT2D eigenvalue weighted by Gasteiger charge is -2.03. The van der Waals surface area contributed by atoms with Gasteiger partial charge >= 0.3 is 5.97 Å². The Balaban J connectivity index is 1.53. The molecule has 0 saturated heterocycles. The Hall–Kier alpha value is -2.55. The van der Waals surface area contributed by atoms with E-state index >= 15 is 0 Å². The topological polar surface area (TPSA) is 39.4 Å². The number of furan rings is 1. The second-order valence-electron chi connectivity index (χ2n) is 7.14. The van der Waals surface area contributed by atoms with E-state index in [1.165, 1.54) is 5.56 Å². The van der Waals surface area contributed by atoms with E-state index in [-0.39, 0.29) is 29.8 Å². The van der Waals surface area contributed by atoms with E-state index in [1.54, 1.807) is 12.3 Å². The summed E-state index contributed by atoms with van der Waals surface area (Å²) in [7, 11) is 0. The van der Waals surface area contributed by atoms with Gasteiger partial charge < -0.3 is 9.15 Å². The molecule has 2 aromatic rings. The van der Waals surface area contributed by atoms with Gasteiger partial charge in [-0.2, -0.15) is 0 Å². The second-order valence-corrected chi connectivity index (χ2v) is 7.14. The molecule has 3 heteroatoms. The maximum atomic E-state index is 12.4. The van der Waals surface area contributed by atoms with Crippen LogP contribution in [0.1, 0.15) is 30.7 Å². The molecule has 1 aromatic heterocycles. The minimum absolute atomic E-state index is 0.0501. The molecular formula is C22H24O3. The fourth-order valence-electron chi connectivity index (χ4n) is 3.32. The van der Waals surface area contributed by atoms with Crippen molar-refractivity contribution in [2.75, 3.05) is 0 Å². The third-order valence-electron chi connectivity index (χ3n) is 4.93. The highest BCUT2D eigenvalue weighted by molar-refractivity contribution is 5.78. The van der Waals surface area contributed by atoms with Crippen molar-refractivity contribution in [3.63, 3.8) is 0 Å². The Morgan fingerprint density at radius 1 is 1.28 bits per heavy atom. The van der Waals surface area contributed by atoms with Gasteiger partial charge in [0.05, 0.1) is 12.2 Å². The third kappa shape index (κ3) is 3.93. The quantitative estimate of drug-likeness (QED) is 0.532. The van der Waals surface area contributed by atoms with Crippen molar-refractivity contribution in [3.8, 4) is 0 Å². The lowest BCUT2D eigenvalue weighted by Crippen LogP contribution is -2.10. The van der Waals surface area contributed by atoms with Crippen LogP contribution in [-0.4, -0.2) is 5.97 Å². The summed E-state index contributed by atoms with van der Waals surface area (Å²) in [5.74, 6) is 0.862. The lowest BCUT2D eigenvalue weighted by atomic mass is 10.1. The SMILES string of the molecule is C=CC=C[C@@H]1[C@@H](C(=O)OCc2coc(Cc3ccccc3)c2)C1(C)C. The molecule has 1 heterocycles. The van der Waals surface area contributed by atoms with E-state index in [9.17, 15) is 4.79 Å². The average Bonchev–Trinajstić information content (AvgIpc) is 2.92. The van der Waals surface area contributed by atoms with Gasteiger partial charge in [0.25, 0.3) is 0 Å². The van der Waals surface area contributed by atoms with E-state index in [1.807, 2.05) is 36.4 Å². The molecule has 3 nitrogen and oxygen atoms in total. The Bertz CT molecular complexity index is 768. The molecule has 0 aliphatic heterocycles. The zero-order valence-electron chi connectivity index (χ0n) is 14.8. The van der Waals surface area contributed by atoms with Crippen LogP contribution in [0.15, 0.2) is 71.9 Å². The van der Waals surface area contributed by atoms with Crippen LogP contribution < -0.4 is 0 Å². The average molecular weight is 336 g/mol. The van der Waals surface area contributed by atoms with Crippen LogP contribution in [0.25, 0.3) is 0 Å². The van der Waals surface area contributed by atoms with Gasteiger partial charge in [0, 0.05) is 12.0 Å². The number of ether oxygens (including phenoxy) is 1. The Morgan fingerprint density at radius 3 is 2.76 bits per heavy atom. The highest BCUT2D eigenvalue weighted by Crippen LogP contribution is 2.59. The van der Waals surface area contributed by atoms with Gasteiger partial charge in [-0.1, -0.05) is 69.0 Å². The molecule has 0 amide bonds. The Labute approximate surface area is 149 Å². The van der Waals surface area contributed by atoms with E-state index in [0.717, 1.165) is 17.7 Å². The van der Waals surface area contributed by atoms with Crippen molar-refractivity contribution in [1.82, 2.24) is 0 Å². The van der Waals surface area contributed by atoms with Gasteiger partial charge in [0.15, 0.2) is 0 Å². The molecule has 1 aliphatic carbocycles. The molecule has 25 heavy (non-hydrogen) atoms. The van der Waals surface area contributed by atoms with E-state index < -0.39 is 0 Å². The molecule has 1 saturated carbocycles. The van der Waals surface area contributed by atoms with Crippen molar-refractivity contribution in [2.45, 2.75) is 26.9 Å². The Morgan fingerprint density at radius 2 is 2.04 bits per heavy atom. The van der Waals surface area contributed by atoms with Gasteiger partial charge in [-0.25, -0.2) is 0 Å². The van der Waals surface area contributed by atoms with E-state index in [2.05, 4.69) is 32.6 Å². The molecule has 1 aromatic carbocycles. The second kappa shape index (κ2) is 7.14. The third-order valence-corrected chi connectivity index (χ3v) is 4.93. The number of rotatable bonds is 7. The molecule has 1 aliphatic rings. The van der Waals surface area contributed by atoms with Gasteiger partial charge in [-0.3, -0.25) is 4.79 Å². The molecule has 0 radical (unpaired) electrons. The predicted molar refractivity (Wildman–Crippen MR) is 97.9 cm³/mol. The van der Waals surface area contributed by atoms with E-state index in [0.29, 0.717) is 0 Å². The highest BCUT2D eigenvalue weighted by Gasteiger charge is 2.61. The zero-order chi connectivity index (χ0) is 17.9. The van der Waals surface area contributed by atoms with Crippen molar-refractivity contribution in [2.24, 2.45) is 17.3 Å². The molecule has 1 fully saturated rings. The zero-order valence-corrected chi connectivity index (χ0v) is 14.8. The number of carbonyl (C=O) groups excluding carboxylic acids is 1. The molecular weight excluding hydrogens is 312 g/mol. The van der Waals surface area contributed by atoms with E-state index in [4.69, 9.17) is 9.15 Å². The number of allylic oxidation sites excluding steroid dienone is 3. The Kier molecular flexibility index (Phi) is 4.93. The molecule has 3 rings (SSSR count). The van der Waals surface area contributed by atoms with Crippen LogP contribution in [0.4, 0.5) is 0 Å². The fraction of sp³-hybridized carbons (Fsp3) is 0.318. The fourth-order valence-corrected chi connectivity index (χ4v) is 3.32. The summed E-state index contributed by atoms with van der Waals surface area (Å²) in [6.07, 6.45) is 8.06. The van der Waals surface area contributed by atoms with Gasteiger partial charge in [-0.05, 0) is 23.0 Å². The van der Waals surface area contributed by atoms with Crippen LogP contribution in [0.5, 0.6) is 0 Å². The van der Waals surface area contributed by atoms with Crippen LogP contribution in [0.3, 0.4) is 0 Å². The number of hydrogen-bond acceptors (Lipinski definition) is 3. The number of benzene rings is 1. The molecule has 0 N–H and O–H groups in total. The van der Waals surface area contributed by atoms with Crippen molar-refractivity contribution >= 4 is 5.97 Å². The maximum absolute atomic E-state index is 12.4.